The molecular formula is C30H33N3O2. The summed E-state index contributed by atoms with van der Waals surface area (Å²) in [5, 5.41) is 2.92. The van der Waals surface area contributed by atoms with Crippen LogP contribution in [0.1, 0.15) is 46.8 Å². The molecule has 1 heterocycles. The maximum atomic E-state index is 12.7. The lowest BCUT2D eigenvalue weighted by Gasteiger charge is -2.36. The molecule has 4 rings (SSSR count). The van der Waals surface area contributed by atoms with Crippen LogP contribution in [0.5, 0.6) is 0 Å². The van der Waals surface area contributed by atoms with Gasteiger partial charge in [-0.1, -0.05) is 55.8 Å². The lowest BCUT2D eigenvalue weighted by molar-refractivity contribution is -0.111. The smallest absolute Gasteiger partial charge is 0.253 e. The summed E-state index contributed by atoms with van der Waals surface area (Å²) in [4.78, 5) is 29.3. The number of amides is 2. The number of nitrogens with zero attached hydrogens (tertiary/aromatic N) is 2. The highest BCUT2D eigenvalue weighted by Crippen LogP contribution is 2.21. The van der Waals surface area contributed by atoms with E-state index in [0.717, 1.165) is 41.2 Å². The standard InChI is InChI=1S/C30H33N3O2/c1-22(2)25-11-6-24(7-12-25)8-17-29(34)31-27-13-15-28(16-14-27)32-18-20-33(21-19-32)30(35)26-9-4-23(3)5-10-26/h4-17,22H,18-21H2,1-3H3,(H,31,34). The third-order valence-corrected chi connectivity index (χ3v) is 6.40. The van der Waals surface area contributed by atoms with Gasteiger partial charge >= 0.3 is 0 Å². The maximum absolute atomic E-state index is 12.7. The molecule has 1 aliphatic rings. The molecule has 5 nitrogen and oxygen atoms in total. The zero-order valence-electron chi connectivity index (χ0n) is 20.7. The van der Waals surface area contributed by atoms with E-state index in [2.05, 4.69) is 36.2 Å². The Balaban J connectivity index is 1.27. The summed E-state index contributed by atoms with van der Waals surface area (Å²) in [5.41, 5.74) is 6.02. The molecule has 35 heavy (non-hydrogen) atoms. The van der Waals surface area contributed by atoms with Crippen LogP contribution in [0, 0.1) is 6.92 Å². The van der Waals surface area contributed by atoms with Crippen molar-refractivity contribution in [2.75, 3.05) is 36.4 Å². The molecular weight excluding hydrogens is 434 g/mol. The highest BCUT2D eigenvalue weighted by Gasteiger charge is 2.22. The van der Waals surface area contributed by atoms with Gasteiger partial charge in [-0.25, -0.2) is 0 Å². The first-order valence-corrected chi connectivity index (χ1v) is 12.2. The van der Waals surface area contributed by atoms with E-state index in [4.69, 9.17) is 0 Å². The lowest BCUT2D eigenvalue weighted by atomic mass is 10.0. The van der Waals surface area contributed by atoms with E-state index in [9.17, 15) is 9.59 Å². The van der Waals surface area contributed by atoms with Crippen molar-refractivity contribution in [3.05, 3.63) is 101 Å². The third-order valence-electron chi connectivity index (χ3n) is 6.40. The minimum absolute atomic E-state index is 0.0895. The van der Waals surface area contributed by atoms with Crippen LogP contribution >= 0.6 is 0 Å². The Labute approximate surface area is 208 Å². The predicted molar refractivity (Wildman–Crippen MR) is 144 cm³/mol. The molecule has 0 atom stereocenters. The van der Waals surface area contributed by atoms with Crippen LogP contribution < -0.4 is 10.2 Å². The molecule has 0 spiro atoms. The van der Waals surface area contributed by atoms with E-state index in [0.29, 0.717) is 19.0 Å². The lowest BCUT2D eigenvalue weighted by Crippen LogP contribution is -2.48. The Morgan fingerprint density at radius 1 is 0.829 bits per heavy atom. The van der Waals surface area contributed by atoms with Gasteiger partial charge in [0.25, 0.3) is 5.91 Å². The van der Waals surface area contributed by atoms with Gasteiger partial charge in [0.05, 0.1) is 0 Å². The van der Waals surface area contributed by atoms with Crippen molar-refractivity contribution in [2.24, 2.45) is 0 Å². The zero-order valence-corrected chi connectivity index (χ0v) is 20.7. The molecule has 3 aromatic carbocycles. The van der Waals surface area contributed by atoms with Crippen LogP contribution in [0.4, 0.5) is 11.4 Å². The molecule has 0 aromatic heterocycles. The number of nitrogens with one attached hydrogen (secondary N) is 1. The van der Waals surface area contributed by atoms with Gasteiger partial charge < -0.3 is 15.1 Å². The molecule has 0 bridgehead atoms. The first-order valence-electron chi connectivity index (χ1n) is 12.2. The first kappa shape index (κ1) is 24.3. The quantitative estimate of drug-likeness (QED) is 0.471. The number of rotatable bonds is 6. The van der Waals surface area contributed by atoms with E-state index in [1.165, 1.54) is 5.56 Å². The average molecular weight is 468 g/mol. The van der Waals surface area contributed by atoms with E-state index in [1.807, 2.05) is 78.6 Å². The molecule has 2 amide bonds. The molecule has 180 valence electrons. The fourth-order valence-electron chi connectivity index (χ4n) is 4.15. The summed E-state index contributed by atoms with van der Waals surface area (Å²) < 4.78 is 0. The molecule has 1 N–H and O–H groups in total. The molecule has 0 unspecified atom stereocenters. The number of aryl methyl sites for hydroxylation is 1. The molecule has 0 saturated carbocycles. The molecule has 0 aliphatic carbocycles. The number of hydrogen-bond acceptors (Lipinski definition) is 3. The number of benzene rings is 3. The summed E-state index contributed by atoms with van der Waals surface area (Å²) >= 11 is 0. The van der Waals surface area contributed by atoms with Crippen molar-refractivity contribution in [3.8, 4) is 0 Å². The number of anilines is 2. The zero-order chi connectivity index (χ0) is 24.8. The monoisotopic (exact) mass is 467 g/mol. The normalized spacial score (nSPS) is 13.9. The molecule has 1 aliphatic heterocycles. The van der Waals surface area contributed by atoms with Crippen LogP contribution in [-0.2, 0) is 4.79 Å². The van der Waals surface area contributed by atoms with E-state index in [-0.39, 0.29) is 11.8 Å². The average Bonchev–Trinajstić information content (AvgIpc) is 2.88. The van der Waals surface area contributed by atoms with Crippen molar-refractivity contribution in [1.29, 1.82) is 0 Å². The largest absolute Gasteiger partial charge is 0.368 e. The van der Waals surface area contributed by atoms with Crippen molar-refractivity contribution in [3.63, 3.8) is 0 Å². The summed E-state index contributed by atoms with van der Waals surface area (Å²) in [7, 11) is 0. The van der Waals surface area contributed by atoms with Gasteiger partial charge in [0.15, 0.2) is 0 Å². The summed E-state index contributed by atoms with van der Waals surface area (Å²) in [6.07, 6.45) is 3.38. The van der Waals surface area contributed by atoms with Gasteiger partial charge in [0.2, 0.25) is 5.91 Å². The van der Waals surface area contributed by atoms with E-state index >= 15 is 0 Å². The molecule has 1 fully saturated rings. The number of piperazine rings is 1. The van der Waals surface area contributed by atoms with Crippen LogP contribution in [0.2, 0.25) is 0 Å². The van der Waals surface area contributed by atoms with Gasteiger partial charge in [-0.2, -0.15) is 0 Å². The fourth-order valence-corrected chi connectivity index (χ4v) is 4.15. The van der Waals surface area contributed by atoms with Crippen molar-refractivity contribution < 1.29 is 9.59 Å². The van der Waals surface area contributed by atoms with Gasteiger partial charge in [-0.05, 0) is 66.4 Å². The highest BCUT2D eigenvalue weighted by molar-refractivity contribution is 6.02. The van der Waals surface area contributed by atoms with Crippen molar-refractivity contribution in [2.45, 2.75) is 26.7 Å². The van der Waals surface area contributed by atoms with Crippen LogP contribution in [0.15, 0.2) is 78.9 Å². The predicted octanol–water partition coefficient (Wildman–Crippen LogP) is 5.73. The van der Waals surface area contributed by atoms with Crippen LogP contribution in [-0.4, -0.2) is 42.9 Å². The van der Waals surface area contributed by atoms with E-state index in [1.54, 1.807) is 6.08 Å². The molecule has 3 aromatic rings. The Morgan fingerprint density at radius 2 is 1.46 bits per heavy atom. The second kappa shape index (κ2) is 11.0. The Hall–Kier alpha value is -3.86. The first-order chi connectivity index (χ1) is 16.9. The summed E-state index contributed by atoms with van der Waals surface area (Å²) in [6, 6.07) is 23.9. The molecule has 5 heteroatoms. The number of carbonyl (C=O) groups is 2. The van der Waals surface area contributed by atoms with Gasteiger partial charge in [0, 0.05) is 49.2 Å². The Bertz CT molecular complexity index is 1170. The van der Waals surface area contributed by atoms with Gasteiger partial charge in [-0.3, -0.25) is 9.59 Å². The maximum Gasteiger partial charge on any atom is 0.253 e. The van der Waals surface area contributed by atoms with Crippen molar-refractivity contribution in [1.82, 2.24) is 4.90 Å². The SMILES string of the molecule is Cc1ccc(C(=O)N2CCN(c3ccc(NC(=O)C=Cc4ccc(C(C)C)cc4)cc3)CC2)cc1. The van der Waals surface area contributed by atoms with Crippen molar-refractivity contribution >= 4 is 29.3 Å². The van der Waals surface area contributed by atoms with E-state index < -0.39 is 0 Å². The topological polar surface area (TPSA) is 52.7 Å². The number of hydrogen-bond donors (Lipinski definition) is 1. The Morgan fingerprint density at radius 3 is 2.06 bits per heavy atom. The summed E-state index contributed by atoms with van der Waals surface area (Å²) in [5.74, 6) is 0.421. The highest BCUT2D eigenvalue weighted by atomic mass is 16.2. The second-order valence-corrected chi connectivity index (χ2v) is 9.34. The van der Waals surface area contributed by atoms with Crippen LogP contribution in [0.25, 0.3) is 6.08 Å². The minimum Gasteiger partial charge on any atom is -0.368 e. The minimum atomic E-state index is -0.158. The Kier molecular flexibility index (Phi) is 7.66. The number of carbonyl (C=O) groups excluding carboxylic acids is 2. The van der Waals surface area contributed by atoms with Gasteiger partial charge in [-0.15, -0.1) is 0 Å². The molecule has 0 radical (unpaired) electrons. The third kappa shape index (κ3) is 6.38. The van der Waals surface area contributed by atoms with Crippen LogP contribution in [0.3, 0.4) is 0 Å². The second-order valence-electron chi connectivity index (χ2n) is 9.34. The fraction of sp³-hybridized carbons (Fsp3) is 0.267. The molecule has 1 saturated heterocycles. The van der Waals surface area contributed by atoms with Gasteiger partial charge in [0.1, 0.15) is 0 Å². The summed E-state index contributed by atoms with van der Waals surface area (Å²) in [6.45, 7) is 9.28.